The van der Waals surface area contributed by atoms with Gasteiger partial charge in [0, 0.05) is 11.8 Å². The average molecular weight is 358 g/mol. The normalized spacial score (nSPS) is 11.1. The van der Waals surface area contributed by atoms with Crippen LogP contribution in [0.1, 0.15) is 16.1 Å². The first-order valence-electron chi connectivity index (χ1n) is 7.14. The molecule has 128 valence electrons. The fraction of sp³-hybridized carbons (Fsp3) is 0.133. The second-order valence-corrected chi connectivity index (χ2v) is 5.68. The molecule has 9 nitrogen and oxygen atoms in total. The number of hydrogen-bond donors (Lipinski definition) is 1. The third-order valence-corrected chi connectivity index (χ3v) is 4.04. The molecule has 0 unspecified atom stereocenters. The van der Waals surface area contributed by atoms with Gasteiger partial charge in [-0.2, -0.15) is 14.9 Å². The first-order chi connectivity index (χ1) is 12.2. The summed E-state index contributed by atoms with van der Waals surface area (Å²) in [6, 6.07) is 8.44. The summed E-state index contributed by atoms with van der Waals surface area (Å²) in [7, 11) is 1.31. The highest BCUT2D eigenvalue weighted by Crippen LogP contribution is 2.18. The molecule has 0 aliphatic heterocycles. The van der Waals surface area contributed by atoms with Crippen molar-refractivity contribution in [2.45, 2.75) is 11.0 Å². The van der Waals surface area contributed by atoms with Gasteiger partial charge in [-0.25, -0.2) is 4.79 Å². The van der Waals surface area contributed by atoms with E-state index in [4.69, 9.17) is 0 Å². The van der Waals surface area contributed by atoms with Gasteiger partial charge in [-0.15, -0.1) is 10.2 Å². The predicted octanol–water partition coefficient (Wildman–Crippen LogP) is 1.60. The molecule has 0 aliphatic rings. The molecule has 0 saturated heterocycles. The fourth-order valence-corrected chi connectivity index (χ4v) is 2.61. The molecular formula is C15H14N6O3S. The van der Waals surface area contributed by atoms with Crippen LogP contribution in [0.3, 0.4) is 0 Å². The Kier molecular flexibility index (Phi) is 5.09. The number of rotatable bonds is 6. The summed E-state index contributed by atoms with van der Waals surface area (Å²) in [4.78, 5) is 11.4. The van der Waals surface area contributed by atoms with E-state index in [2.05, 4.69) is 25.1 Å². The van der Waals surface area contributed by atoms with Gasteiger partial charge in [-0.05, 0) is 18.2 Å². The zero-order chi connectivity index (χ0) is 17.6. The minimum absolute atomic E-state index is 0.139. The Morgan fingerprint density at radius 3 is 3.04 bits per heavy atom. The number of benzene rings is 1. The van der Waals surface area contributed by atoms with E-state index in [9.17, 15) is 9.90 Å². The molecular weight excluding hydrogens is 344 g/mol. The molecule has 0 fully saturated rings. The van der Waals surface area contributed by atoms with Crippen LogP contribution in [-0.2, 0) is 10.6 Å². The van der Waals surface area contributed by atoms with E-state index in [0.29, 0.717) is 16.6 Å². The molecule has 2 heterocycles. The van der Waals surface area contributed by atoms with Crippen LogP contribution in [0.4, 0.5) is 0 Å². The minimum Gasteiger partial charge on any atom is -0.507 e. The summed E-state index contributed by atoms with van der Waals surface area (Å²) in [5.74, 6) is 0.0708. The number of esters is 1. The largest absolute Gasteiger partial charge is 0.507 e. The van der Waals surface area contributed by atoms with E-state index in [-0.39, 0.29) is 11.4 Å². The lowest BCUT2D eigenvalue weighted by molar-refractivity contribution is 0.0593. The lowest BCUT2D eigenvalue weighted by atomic mass is 10.2. The molecule has 25 heavy (non-hydrogen) atoms. The molecule has 3 rings (SSSR count). The van der Waals surface area contributed by atoms with Crippen LogP contribution >= 0.6 is 11.8 Å². The van der Waals surface area contributed by atoms with Crippen LogP contribution in [0.25, 0.3) is 0 Å². The van der Waals surface area contributed by atoms with E-state index in [1.807, 2.05) is 0 Å². The van der Waals surface area contributed by atoms with Crippen molar-refractivity contribution in [2.24, 2.45) is 5.10 Å². The summed E-state index contributed by atoms with van der Waals surface area (Å²) in [5, 5.41) is 26.4. The van der Waals surface area contributed by atoms with Crippen LogP contribution < -0.4 is 0 Å². The summed E-state index contributed by atoms with van der Waals surface area (Å²) < 4.78 is 7.69. The number of carbonyl (C=O) groups excluding carboxylic acids is 1. The number of ether oxygens (including phenoxy) is 1. The first kappa shape index (κ1) is 16.7. The van der Waals surface area contributed by atoms with Gasteiger partial charge in [-0.1, -0.05) is 23.9 Å². The third kappa shape index (κ3) is 4.04. The van der Waals surface area contributed by atoms with Gasteiger partial charge in [0.2, 0.25) is 5.16 Å². The lowest BCUT2D eigenvalue weighted by Gasteiger charge is -2.02. The maximum absolute atomic E-state index is 11.4. The van der Waals surface area contributed by atoms with Gasteiger partial charge in [0.15, 0.2) is 5.69 Å². The van der Waals surface area contributed by atoms with Crippen molar-refractivity contribution in [1.29, 1.82) is 0 Å². The van der Waals surface area contributed by atoms with Crippen molar-refractivity contribution in [1.82, 2.24) is 24.7 Å². The summed E-state index contributed by atoms with van der Waals surface area (Å²) in [5.41, 5.74) is 0.823. The molecule has 0 spiro atoms. The van der Waals surface area contributed by atoms with E-state index in [0.717, 1.165) is 0 Å². The quantitative estimate of drug-likeness (QED) is 0.405. The number of phenolic OH excluding ortho intramolecular Hbond substituents is 1. The molecule has 1 aromatic carbocycles. The monoisotopic (exact) mass is 358 g/mol. The fourth-order valence-electron chi connectivity index (χ4n) is 1.89. The van der Waals surface area contributed by atoms with Crippen molar-refractivity contribution < 1.29 is 14.6 Å². The Morgan fingerprint density at radius 2 is 2.24 bits per heavy atom. The molecule has 3 aromatic rings. The van der Waals surface area contributed by atoms with Gasteiger partial charge in [0.25, 0.3) is 0 Å². The number of aromatic hydroxyl groups is 1. The van der Waals surface area contributed by atoms with Crippen molar-refractivity contribution in [3.8, 4) is 5.75 Å². The Hall–Kier alpha value is -3.14. The van der Waals surface area contributed by atoms with Crippen LogP contribution in [0, 0.1) is 0 Å². The molecule has 0 saturated carbocycles. The standard InChI is InChI=1S/C15H14N6O3S/c1-24-14(23)12-6-7-20(19-12)10-25-15-18-16-9-21(15)17-8-11-4-2-3-5-13(11)22/h2-9,22H,10H2,1H3. The Morgan fingerprint density at radius 1 is 1.40 bits per heavy atom. The SMILES string of the molecule is COC(=O)c1ccn(CSc2nncn2N=Cc2ccccc2O)n1. The summed E-state index contributed by atoms with van der Waals surface area (Å²) >= 11 is 1.34. The first-order valence-corrected chi connectivity index (χ1v) is 8.13. The number of nitrogens with zero attached hydrogens (tertiary/aromatic N) is 6. The summed E-state index contributed by atoms with van der Waals surface area (Å²) in [6.45, 7) is 0. The second kappa shape index (κ2) is 7.62. The molecule has 2 aromatic heterocycles. The molecule has 1 N–H and O–H groups in total. The maximum atomic E-state index is 11.4. The minimum atomic E-state index is -0.487. The number of para-hydroxylation sites is 1. The van der Waals surface area contributed by atoms with E-state index >= 15 is 0 Å². The van der Waals surface area contributed by atoms with Crippen LogP contribution in [0.15, 0.2) is 53.1 Å². The number of methoxy groups -OCH3 is 1. The van der Waals surface area contributed by atoms with Crippen LogP contribution in [0.2, 0.25) is 0 Å². The summed E-state index contributed by atoms with van der Waals surface area (Å²) in [6.07, 6.45) is 4.65. The molecule has 0 amide bonds. The number of hydrogen-bond acceptors (Lipinski definition) is 8. The van der Waals surface area contributed by atoms with Gasteiger partial charge in [-0.3, -0.25) is 4.68 Å². The highest BCUT2D eigenvalue weighted by atomic mass is 32.2. The highest BCUT2D eigenvalue weighted by molar-refractivity contribution is 7.98. The molecule has 10 heteroatoms. The van der Waals surface area contributed by atoms with Gasteiger partial charge < -0.3 is 9.84 Å². The van der Waals surface area contributed by atoms with Crippen molar-refractivity contribution in [3.63, 3.8) is 0 Å². The number of carbonyl (C=O) groups is 1. The molecule has 0 aliphatic carbocycles. The zero-order valence-corrected chi connectivity index (χ0v) is 14.0. The predicted molar refractivity (Wildman–Crippen MR) is 90.5 cm³/mol. The van der Waals surface area contributed by atoms with Crippen molar-refractivity contribution in [2.75, 3.05) is 7.11 Å². The third-order valence-electron chi connectivity index (χ3n) is 3.12. The average Bonchev–Trinajstić information content (AvgIpc) is 3.27. The number of phenols is 1. The molecule has 0 atom stereocenters. The van der Waals surface area contributed by atoms with Gasteiger partial charge in [0.05, 0.1) is 19.2 Å². The molecule has 0 bridgehead atoms. The van der Waals surface area contributed by atoms with Crippen LogP contribution in [-0.4, -0.2) is 49.1 Å². The number of thioether (sulfide) groups is 1. The van der Waals surface area contributed by atoms with E-state index in [1.54, 1.807) is 41.2 Å². The lowest BCUT2D eigenvalue weighted by Crippen LogP contribution is -2.04. The molecule has 0 radical (unpaired) electrons. The van der Waals surface area contributed by atoms with E-state index < -0.39 is 5.97 Å². The van der Waals surface area contributed by atoms with Gasteiger partial charge in [0.1, 0.15) is 12.1 Å². The second-order valence-electron chi connectivity index (χ2n) is 4.77. The Labute approximate surface area is 146 Å². The van der Waals surface area contributed by atoms with Gasteiger partial charge >= 0.3 is 5.97 Å². The van der Waals surface area contributed by atoms with Crippen LogP contribution in [0.5, 0.6) is 5.75 Å². The topological polar surface area (TPSA) is 107 Å². The zero-order valence-electron chi connectivity index (χ0n) is 13.2. The number of aromatic nitrogens is 5. The highest BCUT2D eigenvalue weighted by Gasteiger charge is 2.10. The van der Waals surface area contributed by atoms with Crippen molar-refractivity contribution >= 4 is 23.9 Å². The maximum Gasteiger partial charge on any atom is 0.358 e. The Balaban J connectivity index is 1.67. The smallest absolute Gasteiger partial charge is 0.358 e. The Bertz CT molecular complexity index is 904. The van der Waals surface area contributed by atoms with E-state index in [1.165, 1.54) is 36.1 Å². The van der Waals surface area contributed by atoms with Crippen molar-refractivity contribution in [3.05, 3.63) is 54.1 Å².